The molecule has 0 atom stereocenters. The number of hydrogen-bond acceptors (Lipinski definition) is 3. The number of nitrogens with two attached hydrogens (primary N) is 1. The van der Waals surface area contributed by atoms with Gasteiger partial charge in [-0.15, -0.1) is 0 Å². The number of aryl methyl sites for hydroxylation is 1. The highest BCUT2D eigenvalue weighted by molar-refractivity contribution is 7.92. The predicted octanol–water partition coefficient (Wildman–Crippen LogP) is 1.36. The molecule has 0 aliphatic carbocycles. The fourth-order valence-corrected chi connectivity index (χ4v) is 2.00. The van der Waals surface area contributed by atoms with E-state index in [1.807, 2.05) is 13.0 Å². The summed E-state index contributed by atoms with van der Waals surface area (Å²) in [4.78, 5) is 0. The summed E-state index contributed by atoms with van der Waals surface area (Å²) < 4.78 is 24.4. The van der Waals surface area contributed by atoms with Gasteiger partial charge < -0.3 is 5.73 Å². The van der Waals surface area contributed by atoms with Gasteiger partial charge in [-0.3, -0.25) is 4.31 Å². The lowest BCUT2D eigenvalue weighted by atomic mass is 10.2. The van der Waals surface area contributed by atoms with Crippen LogP contribution in [0.3, 0.4) is 0 Å². The molecule has 0 saturated carbocycles. The molecule has 0 saturated heterocycles. The second-order valence-corrected chi connectivity index (χ2v) is 5.70. The van der Waals surface area contributed by atoms with Crippen LogP contribution in [0.5, 0.6) is 0 Å². The summed E-state index contributed by atoms with van der Waals surface area (Å²) in [6.07, 6.45) is 0. The Hall–Kier alpha value is -1.23. The summed E-state index contributed by atoms with van der Waals surface area (Å²) in [7, 11) is -1.67. The van der Waals surface area contributed by atoms with E-state index >= 15 is 0 Å². The van der Waals surface area contributed by atoms with Gasteiger partial charge in [0.25, 0.3) is 0 Å². The lowest BCUT2D eigenvalue weighted by Crippen LogP contribution is -2.28. The van der Waals surface area contributed by atoms with Gasteiger partial charge in [0.15, 0.2) is 0 Å². The number of anilines is 2. The largest absolute Gasteiger partial charge is 0.398 e. The van der Waals surface area contributed by atoms with Crippen molar-refractivity contribution in [2.75, 3.05) is 22.8 Å². The van der Waals surface area contributed by atoms with Gasteiger partial charge >= 0.3 is 0 Å². The molecule has 0 bridgehead atoms. The summed E-state index contributed by atoms with van der Waals surface area (Å²) in [6.45, 7) is 3.50. The molecule has 0 spiro atoms. The molecule has 0 amide bonds. The van der Waals surface area contributed by atoms with Crippen molar-refractivity contribution in [3.8, 4) is 0 Å². The fraction of sp³-hybridized carbons (Fsp3) is 0.400. The maximum atomic E-state index is 11.6. The third kappa shape index (κ3) is 2.41. The van der Waals surface area contributed by atoms with Gasteiger partial charge in [0, 0.05) is 12.7 Å². The molecule has 0 radical (unpaired) electrons. The van der Waals surface area contributed by atoms with Crippen molar-refractivity contribution in [3.63, 3.8) is 0 Å². The van der Waals surface area contributed by atoms with Crippen LogP contribution >= 0.6 is 0 Å². The zero-order chi connectivity index (χ0) is 11.6. The molecule has 0 aromatic heterocycles. The van der Waals surface area contributed by atoms with E-state index in [1.165, 1.54) is 11.4 Å². The van der Waals surface area contributed by atoms with Crippen molar-refractivity contribution in [2.24, 2.45) is 0 Å². The third-order valence-electron chi connectivity index (χ3n) is 2.41. The lowest BCUT2D eigenvalue weighted by molar-refractivity contribution is 0.595. The van der Waals surface area contributed by atoms with E-state index in [0.717, 1.165) is 5.56 Å². The summed E-state index contributed by atoms with van der Waals surface area (Å²) in [5.41, 5.74) is 7.87. The van der Waals surface area contributed by atoms with Crippen molar-refractivity contribution in [1.29, 1.82) is 0 Å². The summed E-state index contributed by atoms with van der Waals surface area (Å²) in [6, 6.07) is 5.23. The van der Waals surface area contributed by atoms with E-state index < -0.39 is 10.0 Å². The predicted molar refractivity (Wildman–Crippen MR) is 63.5 cm³/mol. The number of sulfonamides is 1. The van der Waals surface area contributed by atoms with Gasteiger partial charge in [0.2, 0.25) is 10.0 Å². The van der Waals surface area contributed by atoms with Crippen LogP contribution in [0.2, 0.25) is 0 Å². The Labute approximate surface area is 90.8 Å². The van der Waals surface area contributed by atoms with Crippen LogP contribution in [0.1, 0.15) is 12.5 Å². The zero-order valence-corrected chi connectivity index (χ0v) is 10.0. The van der Waals surface area contributed by atoms with E-state index in [1.54, 1.807) is 19.1 Å². The molecule has 5 heteroatoms. The Morgan fingerprint density at radius 1 is 1.40 bits per heavy atom. The van der Waals surface area contributed by atoms with E-state index in [9.17, 15) is 8.42 Å². The highest BCUT2D eigenvalue weighted by atomic mass is 32.2. The second kappa shape index (κ2) is 4.10. The molecule has 1 aromatic carbocycles. The molecule has 1 aromatic rings. The number of rotatable bonds is 3. The normalized spacial score (nSPS) is 11.4. The molecule has 4 nitrogen and oxygen atoms in total. The topological polar surface area (TPSA) is 63.4 Å². The zero-order valence-electron chi connectivity index (χ0n) is 9.19. The first-order chi connectivity index (χ1) is 6.88. The Bertz CT molecular complexity index is 454. The first-order valence-electron chi connectivity index (χ1n) is 4.71. The number of hydrogen-bond donors (Lipinski definition) is 1. The second-order valence-electron chi connectivity index (χ2n) is 3.41. The van der Waals surface area contributed by atoms with Gasteiger partial charge in [0.05, 0.1) is 11.4 Å². The molecule has 84 valence electrons. The average Bonchev–Trinajstić information content (AvgIpc) is 2.21. The molecule has 1 rings (SSSR count). The van der Waals surface area contributed by atoms with Gasteiger partial charge in [-0.25, -0.2) is 8.42 Å². The van der Waals surface area contributed by atoms with Crippen molar-refractivity contribution >= 4 is 21.4 Å². The highest BCUT2D eigenvalue weighted by Crippen LogP contribution is 2.21. The van der Waals surface area contributed by atoms with Crippen LogP contribution in [-0.2, 0) is 10.0 Å². The third-order valence-corrected chi connectivity index (χ3v) is 4.18. The van der Waals surface area contributed by atoms with Crippen LogP contribution < -0.4 is 10.0 Å². The Kier molecular flexibility index (Phi) is 3.24. The number of nitrogen functional groups attached to an aromatic ring is 1. The molecule has 2 N–H and O–H groups in total. The van der Waals surface area contributed by atoms with Crippen molar-refractivity contribution in [1.82, 2.24) is 0 Å². The Balaban J connectivity index is 3.13. The minimum Gasteiger partial charge on any atom is -0.398 e. The fourth-order valence-electron chi connectivity index (χ4n) is 1.18. The molecule has 15 heavy (non-hydrogen) atoms. The van der Waals surface area contributed by atoms with E-state index in [2.05, 4.69) is 0 Å². The van der Waals surface area contributed by atoms with Crippen LogP contribution in [0.15, 0.2) is 18.2 Å². The van der Waals surface area contributed by atoms with Crippen molar-refractivity contribution in [2.45, 2.75) is 13.8 Å². The van der Waals surface area contributed by atoms with E-state index in [0.29, 0.717) is 11.4 Å². The van der Waals surface area contributed by atoms with Crippen molar-refractivity contribution in [3.05, 3.63) is 23.8 Å². The minimum atomic E-state index is -3.20. The monoisotopic (exact) mass is 228 g/mol. The highest BCUT2D eigenvalue weighted by Gasteiger charge is 2.15. The molecule has 0 unspecified atom stereocenters. The molecule has 0 aliphatic rings. The lowest BCUT2D eigenvalue weighted by Gasteiger charge is -2.19. The molecular formula is C10H16N2O2S. The molecule has 0 aliphatic heterocycles. The summed E-state index contributed by atoms with van der Waals surface area (Å²) in [5, 5.41) is 0. The molecule has 0 heterocycles. The first kappa shape index (κ1) is 11.8. The van der Waals surface area contributed by atoms with E-state index in [4.69, 9.17) is 5.73 Å². The minimum absolute atomic E-state index is 0.0806. The number of benzene rings is 1. The van der Waals surface area contributed by atoms with Crippen LogP contribution in [0, 0.1) is 6.92 Å². The van der Waals surface area contributed by atoms with Crippen molar-refractivity contribution < 1.29 is 8.42 Å². The quantitative estimate of drug-likeness (QED) is 0.795. The van der Waals surface area contributed by atoms with Gasteiger partial charge in [-0.1, -0.05) is 6.07 Å². The summed E-state index contributed by atoms with van der Waals surface area (Å²) >= 11 is 0. The maximum Gasteiger partial charge on any atom is 0.234 e. The average molecular weight is 228 g/mol. The van der Waals surface area contributed by atoms with E-state index in [-0.39, 0.29) is 5.75 Å². The first-order valence-corrected chi connectivity index (χ1v) is 6.32. The number of nitrogens with zero attached hydrogens (tertiary/aromatic N) is 1. The summed E-state index contributed by atoms with van der Waals surface area (Å²) in [5.74, 6) is 0.0806. The van der Waals surface area contributed by atoms with Crippen LogP contribution in [0.25, 0.3) is 0 Å². The van der Waals surface area contributed by atoms with Crippen LogP contribution in [0.4, 0.5) is 11.4 Å². The SMILES string of the molecule is CCS(=O)(=O)N(C)c1ccc(C)c(N)c1. The maximum absolute atomic E-state index is 11.6. The van der Waals surface area contributed by atoms with Gasteiger partial charge in [0.1, 0.15) is 0 Å². The molecule has 0 fully saturated rings. The Morgan fingerprint density at radius 3 is 2.47 bits per heavy atom. The standard InChI is InChI=1S/C10H16N2O2S/c1-4-15(13,14)12(3)9-6-5-8(2)10(11)7-9/h5-7H,4,11H2,1-3H3. The van der Waals surface area contributed by atoms with Gasteiger partial charge in [-0.2, -0.15) is 0 Å². The van der Waals surface area contributed by atoms with Crippen LogP contribution in [-0.4, -0.2) is 21.2 Å². The molecular weight excluding hydrogens is 212 g/mol. The smallest absolute Gasteiger partial charge is 0.234 e. The Morgan fingerprint density at radius 2 is 2.00 bits per heavy atom. The van der Waals surface area contributed by atoms with Gasteiger partial charge in [-0.05, 0) is 31.5 Å².